The Hall–Kier alpha value is -3.41. The number of benzene rings is 2. The first kappa shape index (κ1) is 24.9. The predicted octanol–water partition coefficient (Wildman–Crippen LogP) is 6.18. The summed E-state index contributed by atoms with van der Waals surface area (Å²) < 4.78 is 5.03. The van der Waals surface area contributed by atoms with Crippen molar-refractivity contribution in [1.82, 2.24) is 15.3 Å². The van der Waals surface area contributed by atoms with Gasteiger partial charge in [0, 0.05) is 11.3 Å². The summed E-state index contributed by atoms with van der Waals surface area (Å²) in [4.78, 5) is 34.7. The number of imidazole rings is 1. The fourth-order valence-electron chi connectivity index (χ4n) is 7.97. The van der Waals surface area contributed by atoms with Gasteiger partial charge in [-0.2, -0.15) is 0 Å². The molecule has 2 N–H and O–H groups in total. The number of carbonyl (C=O) groups is 2. The zero-order valence-corrected chi connectivity index (χ0v) is 22.3. The number of hydrogen-bond donors (Lipinski definition) is 2. The van der Waals surface area contributed by atoms with Crippen molar-refractivity contribution >= 4 is 11.9 Å². The van der Waals surface area contributed by atoms with Crippen LogP contribution in [0.3, 0.4) is 0 Å². The Morgan fingerprint density at radius 1 is 1.00 bits per heavy atom. The zero-order valence-electron chi connectivity index (χ0n) is 22.3. The van der Waals surface area contributed by atoms with Crippen LogP contribution in [0.2, 0.25) is 0 Å². The molecular weight excluding hydrogens is 474 g/mol. The maximum absolute atomic E-state index is 13.7. The standard InChI is InChI=1S/C32H37N3O3/c1-20-8-6-7-11-25(20)29-33-26(12-13-32-17-21-14-22(18-32)16-23(15-21)19-32)28(34-29)30(36)35-27(31(37)38-2)24-9-4-3-5-10-24/h3-11,21-23,27H,12-19H2,1-2H3,(H,33,34)(H,35,36). The number of aromatic amines is 1. The van der Waals surface area contributed by atoms with Gasteiger partial charge in [-0.1, -0.05) is 54.6 Å². The van der Waals surface area contributed by atoms with Crippen molar-refractivity contribution in [2.45, 2.75) is 64.3 Å². The molecule has 7 rings (SSSR count). The average molecular weight is 512 g/mol. The summed E-state index contributed by atoms with van der Waals surface area (Å²) >= 11 is 0. The molecule has 0 spiro atoms. The Morgan fingerprint density at radius 3 is 2.26 bits per heavy atom. The van der Waals surface area contributed by atoms with E-state index in [-0.39, 0.29) is 5.91 Å². The van der Waals surface area contributed by atoms with Crippen LogP contribution in [0.15, 0.2) is 54.6 Å². The third-order valence-corrected chi connectivity index (χ3v) is 9.31. The van der Waals surface area contributed by atoms with E-state index in [1.54, 1.807) is 0 Å². The Balaban J connectivity index is 1.30. The molecule has 4 fully saturated rings. The fourth-order valence-corrected chi connectivity index (χ4v) is 7.97. The zero-order chi connectivity index (χ0) is 26.3. The highest BCUT2D eigenvalue weighted by Crippen LogP contribution is 2.61. The number of H-pyrrole nitrogens is 1. The first-order valence-electron chi connectivity index (χ1n) is 14.0. The molecule has 2 aromatic carbocycles. The van der Waals surface area contributed by atoms with E-state index in [1.807, 2.05) is 48.5 Å². The van der Waals surface area contributed by atoms with Crippen LogP contribution >= 0.6 is 0 Å². The van der Waals surface area contributed by atoms with Gasteiger partial charge >= 0.3 is 5.97 Å². The van der Waals surface area contributed by atoms with Crippen molar-refractivity contribution in [2.24, 2.45) is 23.2 Å². The second kappa shape index (κ2) is 10.0. The summed E-state index contributed by atoms with van der Waals surface area (Å²) in [5.41, 5.74) is 4.38. The van der Waals surface area contributed by atoms with Crippen molar-refractivity contribution in [1.29, 1.82) is 0 Å². The van der Waals surface area contributed by atoms with Crippen LogP contribution in [-0.2, 0) is 16.0 Å². The lowest BCUT2D eigenvalue weighted by molar-refractivity contribution is -0.143. The van der Waals surface area contributed by atoms with E-state index in [9.17, 15) is 9.59 Å². The summed E-state index contributed by atoms with van der Waals surface area (Å²) in [6, 6.07) is 16.4. The van der Waals surface area contributed by atoms with E-state index in [0.717, 1.165) is 47.4 Å². The number of nitrogens with zero attached hydrogens (tertiary/aromatic N) is 1. The van der Waals surface area contributed by atoms with Crippen LogP contribution in [0.4, 0.5) is 0 Å². The third-order valence-electron chi connectivity index (χ3n) is 9.31. The van der Waals surface area contributed by atoms with Gasteiger partial charge in [0.25, 0.3) is 5.91 Å². The highest BCUT2D eigenvalue weighted by Gasteiger charge is 2.50. The number of ether oxygens (including phenoxy) is 1. The van der Waals surface area contributed by atoms with Gasteiger partial charge in [0.2, 0.25) is 0 Å². The molecule has 0 saturated heterocycles. The molecule has 4 saturated carbocycles. The van der Waals surface area contributed by atoms with Gasteiger partial charge < -0.3 is 15.0 Å². The molecular formula is C32H37N3O3. The lowest BCUT2D eigenvalue weighted by Gasteiger charge is -2.57. The number of amides is 1. The smallest absolute Gasteiger partial charge is 0.333 e. The van der Waals surface area contributed by atoms with Crippen LogP contribution < -0.4 is 5.32 Å². The van der Waals surface area contributed by atoms with Gasteiger partial charge in [-0.25, -0.2) is 9.78 Å². The molecule has 0 aliphatic heterocycles. The van der Waals surface area contributed by atoms with Crippen LogP contribution in [0.5, 0.6) is 0 Å². The number of methoxy groups -OCH3 is 1. The molecule has 4 aliphatic rings. The number of aromatic nitrogens is 2. The Labute approximate surface area is 224 Å². The summed E-state index contributed by atoms with van der Waals surface area (Å²) in [5, 5.41) is 2.92. The molecule has 1 unspecified atom stereocenters. The molecule has 198 valence electrons. The SMILES string of the molecule is COC(=O)C(NC(=O)c1nc(-c2ccccc2C)[nH]c1CCC12CC3CC(CC(C3)C1)C2)c1ccccc1. The normalized spacial score (nSPS) is 26.2. The lowest BCUT2D eigenvalue weighted by Crippen LogP contribution is -2.46. The monoisotopic (exact) mass is 511 g/mol. The molecule has 1 amide bonds. The van der Waals surface area contributed by atoms with Crippen molar-refractivity contribution in [3.8, 4) is 11.4 Å². The highest BCUT2D eigenvalue weighted by atomic mass is 16.5. The number of nitrogens with one attached hydrogen (secondary N) is 2. The third kappa shape index (κ3) is 4.77. The number of esters is 1. The maximum Gasteiger partial charge on any atom is 0.333 e. The van der Waals surface area contributed by atoms with Gasteiger partial charge in [-0.05, 0) is 92.6 Å². The number of hydrogen-bond acceptors (Lipinski definition) is 4. The minimum atomic E-state index is -0.900. The lowest BCUT2D eigenvalue weighted by atomic mass is 9.48. The topological polar surface area (TPSA) is 84.1 Å². The van der Waals surface area contributed by atoms with E-state index < -0.39 is 12.0 Å². The largest absolute Gasteiger partial charge is 0.467 e. The molecule has 1 aromatic heterocycles. The fraction of sp³-hybridized carbons (Fsp3) is 0.469. The second-order valence-electron chi connectivity index (χ2n) is 12.0. The first-order valence-corrected chi connectivity index (χ1v) is 14.0. The van der Waals surface area contributed by atoms with E-state index in [1.165, 1.54) is 45.6 Å². The molecule has 4 bridgehead atoms. The average Bonchev–Trinajstić information content (AvgIpc) is 3.34. The number of aryl methyl sites for hydroxylation is 2. The quantitative estimate of drug-likeness (QED) is 0.354. The molecule has 6 heteroatoms. The van der Waals surface area contributed by atoms with Gasteiger partial charge in [0.15, 0.2) is 6.04 Å². The van der Waals surface area contributed by atoms with Crippen molar-refractivity contribution < 1.29 is 14.3 Å². The van der Waals surface area contributed by atoms with Gasteiger partial charge in [0.1, 0.15) is 11.5 Å². The van der Waals surface area contributed by atoms with Gasteiger partial charge in [0.05, 0.1) is 7.11 Å². The van der Waals surface area contributed by atoms with E-state index in [0.29, 0.717) is 22.5 Å². The summed E-state index contributed by atoms with van der Waals surface area (Å²) in [6.07, 6.45) is 10.1. The molecule has 1 atom stereocenters. The predicted molar refractivity (Wildman–Crippen MR) is 146 cm³/mol. The first-order chi connectivity index (χ1) is 18.4. The molecule has 0 radical (unpaired) electrons. The maximum atomic E-state index is 13.7. The van der Waals surface area contributed by atoms with E-state index in [4.69, 9.17) is 9.72 Å². The minimum absolute atomic E-state index is 0.360. The molecule has 1 heterocycles. The number of rotatable bonds is 8. The Morgan fingerprint density at radius 2 is 1.63 bits per heavy atom. The van der Waals surface area contributed by atoms with Gasteiger partial charge in [-0.3, -0.25) is 4.79 Å². The van der Waals surface area contributed by atoms with Crippen molar-refractivity contribution in [3.63, 3.8) is 0 Å². The van der Waals surface area contributed by atoms with Crippen molar-refractivity contribution in [2.75, 3.05) is 7.11 Å². The molecule has 3 aromatic rings. The molecule has 6 nitrogen and oxygen atoms in total. The van der Waals surface area contributed by atoms with Crippen LogP contribution in [0.25, 0.3) is 11.4 Å². The van der Waals surface area contributed by atoms with Crippen LogP contribution in [0.1, 0.15) is 78.3 Å². The van der Waals surface area contributed by atoms with E-state index >= 15 is 0 Å². The summed E-state index contributed by atoms with van der Waals surface area (Å²) in [6.45, 7) is 2.05. The van der Waals surface area contributed by atoms with Crippen LogP contribution in [0, 0.1) is 30.1 Å². The Bertz CT molecular complexity index is 1290. The molecule has 38 heavy (non-hydrogen) atoms. The summed E-state index contributed by atoms with van der Waals surface area (Å²) in [7, 11) is 1.34. The van der Waals surface area contributed by atoms with E-state index in [2.05, 4.69) is 23.3 Å². The second-order valence-corrected chi connectivity index (χ2v) is 12.0. The minimum Gasteiger partial charge on any atom is -0.467 e. The van der Waals surface area contributed by atoms with Gasteiger partial charge in [-0.15, -0.1) is 0 Å². The summed E-state index contributed by atoms with van der Waals surface area (Å²) in [5.74, 6) is 2.50. The highest BCUT2D eigenvalue weighted by molar-refractivity contribution is 5.97. The van der Waals surface area contributed by atoms with Crippen molar-refractivity contribution in [3.05, 3.63) is 77.1 Å². The molecule has 4 aliphatic carbocycles. The van der Waals surface area contributed by atoms with Crippen LogP contribution in [-0.4, -0.2) is 29.0 Å². The Kier molecular flexibility index (Phi) is 6.58. The number of carbonyl (C=O) groups excluding carboxylic acids is 2.